The van der Waals surface area contributed by atoms with E-state index in [9.17, 15) is 9.59 Å². The van der Waals surface area contributed by atoms with Gasteiger partial charge in [-0.25, -0.2) is 4.79 Å². The van der Waals surface area contributed by atoms with E-state index < -0.39 is 0 Å². The van der Waals surface area contributed by atoms with Crippen LogP contribution in [-0.2, 0) is 4.74 Å². The quantitative estimate of drug-likeness (QED) is 0.635. The van der Waals surface area contributed by atoms with E-state index in [1.54, 1.807) is 6.92 Å². The number of para-hydroxylation sites is 1. The number of fused-ring (bicyclic) bond motifs is 1. The summed E-state index contributed by atoms with van der Waals surface area (Å²) in [7, 11) is 0. The van der Waals surface area contributed by atoms with Gasteiger partial charge in [0, 0.05) is 10.9 Å². The fourth-order valence-electron chi connectivity index (χ4n) is 3.12. The molecule has 1 N–H and O–H groups in total. The van der Waals surface area contributed by atoms with Crippen LogP contribution in [0.5, 0.6) is 0 Å². The Labute approximate surface area is 155 Å². The van der Waals surface area contributed by atoms with Crippen molar-refractivity contribution in [3.05, 3.63) is 52.1 Å². The van der Waals surface area contributed by atoms with Crippen LogP contribution >= 0.6 is 11.3 Å². The highest BCUT2D eigenvalue weighted by atomic mass is 32.1. The molecule has 2 aromatic heterocycles. The fourth-order valence-corrected chi connectivity index (χ4v) is 4.15. The molecule has 4 rings (SSSR count). The van der Waals surface area contributed by atoms with Crippen molar-refractivity contribution in [1.82, 2.24) is 0 Å². The van der Waals surface area contributed by atoms with E-state index in [-0.39, 0.29) is 17.6 Å². The van der Waals surface area contributed by atoms with Crippen molar-refractivity contribution >= 4 is 39.2 Å². The number of furan rings is 1. The number of esters is 1. The highest BCUT2D eigenvalue weighted by molar-refractivity contribution is 7.15. The number of nitrogens with one attached hydrogen (secondary N) is 1. The van der Waals surface area contributed by atoms with Gasteiger partial charge in [0.1, 0.15) is 10.6 Å². The number of rotatable bonds is 5. The van der Waals surface area contributed by atoms with E-state index in [0.29, 0.717) is 28.7 Å². The first-order chi connectivity index (χ1) is 12.6. The molecular weight excluding hydrogens is 350 g/mol. The lowest BCUT2D eigenvalue weighted by Crippen LogP contribution is -2.15. The maximum atomic E-state index is 12.8. The standard InChI is InChI=1S/C20H19NO4S/c1-3-24-20(23)16-14(12-8-9-12)10-26-19(16)21-18(22)17-11(2)13-6-4-5-7-15(13)25-17/h4-7,10,12H,3,8-9H2,1-2H3,(H,21,22). The number of ether oxygens (including phenoxy) is 1. The summed E-state index contributed by atoms with van der Waals surface area (Å²) in [6.45, 7) is 3.93. The summed E-state index contributed by atoms with van der Waals surface area (Å²) < 4.78 is 10.9. The summed E-state index contributed by atoms with van der Waals surface area (Å²) in [5, 5.41) is 6.24. The van der Waals surface area contributed by atoms with Gasteiger partial charge in [-0.2, -0.15) is 0 Å². The molecule has 1 aliphatic carbocycles. The third-order valence-corrected chi connectivity index (χ3v) is 5.51. The minimum absolute atomic E-state index is 0.266. The summed E-state index contributed by atoms with van der Waals surface area (Å²) >= 11 is 1.36. The van der Waals surface area contributed by atoms with Crippen LogP contribution < -0.4 is 5.32 Å². The molecule has 3 aromatic rings. The van der Waals surface area contributed by atoms with Gasteiger partial charge in [-0.1, -0.05) is 18.2 Å². The normalized spacial score (nSPS) is 13.8. The van der Waals surface area contributed by atoms with Crippen molar-refractivity contribution in [3.8, 4) is 0 Å². The van der Waals surface area contributed by atoms with Crippen LogP contribution in [0.25, 0.3) is 11.0 Å². The minimum atomic E-state index is -0.382. The van der Waals surface area contributed by atoms with Crippen LogP contribution in [0.1, 0.15) is 57.7 Å². The van der Waals surface area contributed by atoms with Crippen LogP contribution in [0, 0.1) is 6.92 Å². The van der Waals surface area contributed by atoms with E-state index >= 15 is 0 Å². The summed E-state index contributed by atoms with van der Waals surface area (Å²) in [5.74, 6) is -0.0765. The molecule has 1 saturated carbocycles. The second kappa shape index (κ2) is 6.61. The molecule has 0 radical (unpaired) electrons. The molecule has 6 heteroatoms. The van der Waals surface area contributed by atoms with Crippen LogP contribution in [0.2, 0.25) is 0 Å². The Morgan fingerprint density at radius 2 is 2.08 bits per heavy atom. The molecule has 26 heavy (non-hydrogen) atoms. The predicted molar refractivity (Wildman–Crippen MR) is 101 cm³/mol. The van der Waals surface area contributed by atoms with E-state index in [4.69, 9.17) is 9.15 Å². The molecule has 0 aliphatic heterocycles. The van der Waals surface area contributed by atoms with Crippen molar-refractivity contribution in [2.45, 2.75) is 32.6 Å². The number of amides is 1. The molecular formula is C20H19NO4S. The molecule has 5 nitrogen and oxygen atoms in total. The monoisotopic (exact) mass is 369 g/mol. The van der Waals surface area contributed by atoms with Gasteiger partial charge >= 0.3 is 5.97 Å². The first kappa shape index (κ1) is 16.8. The largest absolute Gasteiger partial charge is 0.462 e. The SMILES string of the molecule is CCOC(=O)c1c(C2CC2)csc1NC(=O)c1oc2ccccc2c1C. The van der Waals surface area contributed by atoms with Gasteiger partial charge in [-0.05, 0) is 49.6 Å². The van der Waals surface area contributed by atoms with E-state index in [1.165, 1.54) is 11.3 Å². The van der Waals surface area contributed by atoms with Gasteiger partial charge in [0.15, 0.2) is 5.76 Å². The highest BCUT2D eigenvalue weighted by Gasteiger charge is 2.32. The van der Waals surface area contributed by atoms with Gasteiger partial charge in [0.05, 0.1) is 12.2 Å². The van der Waals surface area contributed by atoms with Crippen LogP contribution in [0.15, 0.2) is 34.1 Å². The number of carbonyl (C=O) groups excluding carboxylic acids is 2. The van der Waals surface area contributed by atoms with Gasteiger partial charge < -0.3 is 14.5 Å². The molecule has 134 valence electrons. The number of aryl methyl sites for hydroxylation is 1. The van der Waals surface area contributed by atoms with E-state index in [0.717, 1.165) is 29.4 Å². The first-order valence-corrected chi connectivity index (χ1v) is 9.56. The van der Waals surface area contributed by atoms with Crippen LogP contribution in [-0.4, -0.2) is 18.5 Å². The Morgan fingerprint density at radius 1 is 1.31 bits per heavy atom. The van der Waals surface area contributed by atoms with Crippen LogP contribution in [0.4, 0.5) is 5.00 Å². The summed E-state index contributed by atoms with van der Waals surface area (Å²) in [6.07, 6.45) is 2.14. The summed E-state index contributed by atoms with van der Waals surface area (Å²) in [6, 6.07) is 7.53. The minimum Gasteiger partial charge on any atom is -0.462 e. The second-order valence-corrected chi connectivity index (χ2v) is 7.28. The van der Waals surface area contributed by atoms with Gasteiger partial charge in [0.2, 0.25) is 0 Å². The molecule has 1 aliphatic rings. The van der Waals surface area contributed by atoms with Crippen LogP contribution in [0.3, 0.4) is 0 Å². The average Bonchev–Trinajstić information content (AvgIpc) is 3.31. The molecule has 1 amide bonds. The second-order valence-electron chi connectivity index (χ2n) is 6.40. The number of thiophene rings is 1. The van der Waals surface area contributed by atoms with Crippen molar-refractivity contribution < 1.29 is 18.7 Å². The molecule has 1 aromatic carbocycles. The Hall–Kier alpha value is -2.60. The van der Waals surface area contributed by atoms with Crippen molar-refractivity contribution in [3.63, 3.8) is 0 Å². The summed E-state index contributed by atoms with van der Waals surface area (Å²) in [4.78, 5) is 25.2. The predicted octanol–water partition coefficient (Wildman–Crippen LogP) is 5.11. The lowest BCUT2D eigenvalue weighted by atomic mass is 10.1. The average molecular weight is 369 g/mol. The van der Waals surface area contributed by atoms with Crippen molar-refractivity contribution in [2.75, 3.05) is 11.9 Å². The van der Waals surface area contributed by atoms with Gasteiger partial charge in [-0.15, -0.1) is 11.3 Å². The van der Waals surface area contributed by atoms with Gasteiger partial charge in [-0.3, -0.25) is 4.79 Å². The number of benzene rings is 1. The molecule has 0 spiro atoms. The molecule has 0 bridgehead atoms. The van der Waals surface area contributed by atoms with Crippen molar-refractivity contribution in [1.29, 1.82) is 0 Å². The fraction of sp³-hybridized carbons (Fsp3) is 0.300. The number of hydrogen-bond acceptors (Lipinski definition) is 5. The maximum Gasteiger partial charge on any atom is 0.341 e. The molecule has 0 atom stereocenters. The zero-order valence-electron chi connectivity index (χ0n) is 14.6. The van der Waals surface area contributed by atoms with Gasteiger partial charge in [0.25, 0.3) is 5.91 Å². The van der Waals surface area contributed by atoms with E-state index in [2.05, 4.69) is 5.32 Å². The van der Waals surface area contributed by atoms with E-state index in [1.807, 2.05) is 36.6 Å². The number of carbonyl (C=O) groups is 2. The molecule has 0 unspecified atom stereocenters. The molecule has 0 saturated heterocycles. The first-order valence-electron chi connectivity index (χ1n) is 8.68. The molecule has 2 heterocycles. The third kappa shape index (κ3) is 2.90. The highest BCUT2D eigenvalue weighted by Crippen LogP contribution is 2.46. The Kier molecular flexibility index (Phi) is 4.28. The number of anilines is 1. The third-order valence-electron chi connectivity index (χ3n) is 4.59. The molecule has 1 fully saturated rings. The smallest absolute Gasteiger partial charge is 0.341 e. The Bertz CT molecular complexity index is 997. The Morgan fingerprint density at radius 3 is 2.77 bits per heavy atom. The topological polar surface area (TPSA) is 68.5 Å². The lowest BCUT2D eigenvalue weighted by Gasteiger charge is -2.07. The number of hydrogen-bond donors (Lipinski definition) is 1. The zero-order valence-corrected chi connectivity index (χ0v) is 15.4. The zero-order chi connectivity index (χ0) is 18.3. The van der Waals surface area contributed by atoms with Crippen molar-refractivity contribution in [2.24, 2.45) is 0 Å². The lowest BCUT2D eigenvalue weighted by molar-refractivity contribution is 0.0527. The maximum absolute atomic E-state index is 12.8. The summed E-state index contributed by atoms with van der Waals surface area (Å²) in [5.41, 5.74) is 2.92. The Balaban J connectivity index is 1.67.